The molecule has 0 bridgehead atoms. The van der Waals surface area contributed by atoms with Crippen molar-refractivity contribution < 1.29 is 0 Å². The quantitative estimate of drug-likeness (QED) is 0.534. The van der Waals surface area contributed by atoms with E-state index in [1.807, 2.05) is 0 Å². The van der Waals surface area contributed by atoms with Crippen molar-refractivity contribution in [1.82, 2.24) is 0 Å². The van der Waals surface area contributed by atoms with Crippen LogP contribution in [0.5, 0.6) is 0 Å². The summed E-state index contributed by atoms with van der Waals surface area (Å²) in [5.41, 5.74) is 1.56. The molecule has 0 nitrogen and oxygen atoms in total. The molecule has 1 aliphatic rings. The lowest BCUT2D eigenvalue weighted by Crippen LogP contribution is -1.85. The summed E-state index contributed by atoms with van der Waals surface area (Å²) in [4.78, 5) is 0. The van der Waals surface area contributed by atoms with Gasteiger partial charge in [-0.25, -0.2) is 0 Å². The number of hydrogen-bond donors (Lipinski definition) is 0. The zero-order valence-corrected chi connectivity index (χ0v) is 7.47. The molecule has 0 aromatic rings. The highest BCUT2D eigenvalue weighted by Crippen LogP contribution is 2.15. The summed E-state index contributed by atoms with van der Waals surface area (Å²) < 4.78 is 0. The topological polar surface area (TPSA) is 0 Å². The van der Waals surface area contributed by atoms with Crippen LogP contribution < -0.4 is 0 Å². The van der Waals surface area contributed by atoms with Crippen LogP contribution in [0, 0.1) is 0 Å². The van der Waals surface area contributed by atoms with Crippen LogP contribution in [0.25, 0.3) is 0 Å². The smallest absolute Gasteiger partial charge is 0.0282 e. The van der Waals surface area contributed by atoms with Gasteiger partial charge >= 0.3 is 0 Å². The van der Waals surface area contributed by atoms with Gasteiger partial charge in [0.1, 0.15) is 0 Å². The molecule has 11 heavy (non-hydrogen) atoms. The Kier molecular flexibility index (Phi) is 4.03. The molecule has 0 atom stereocenters. The highest BCUT2D eigenvalue weighted by atomic mass is 14.0. The van der Waals surface area contributed by atoms with Crippen LogP contribution in [-0.2, 0) is 0 Å². The first-order valence-electron chi connectivity index (χ1n) is 4.79. The van der Waals surface area contributed by atoms with Crippen LogP contribution in [0.1, 0.15) is 45.4 Å². The maximum absolute atomic E-state index is 2.38. The Labute approximate surface area is 70.0 Å². The van der Waals surface area contributed by atoms with Crippen molar-refractivity contribution in [3.05, 3.63) is 23.8 Å². The predicted molar refractivity (Wildman–Crippen MR) is 50.6 cm³/mol. The van der Waals surface area contributed by atoms with Crippen molar-refractivity contribution in [2.75, 3.05) is 0 Å². The highest BCUT2D eigenvalue weighted by molar-refractivity contribution is 5.21. The molecule has 0 aromatic heterocycles. The number of allylic oxidation sites excluding steroid dienone is 4. The fraction of sp³-hybridized carbons (Fsp3) is 0.636. The monoisotopic (exact) mass is 150 g/mol. The molecule has 0 N–H and O–H groups in total. The summed E-state index contributed by atoms with van der Waals surface area (Å²) in [5, 5.41) is 0. The van der Waals surface area contributed by atoms with E-state index in [1.54, 1.807) is 5.57 Å². The van der Waals surface area contributed by atoms with Crippen molar-refractivity contribution in [2.24, 2.45) is 0 Å². The zero-order valence-electron chi connectivity index (χ0n) is 7.47. The molecule has 62 valence electrons. The molecular weight excluding hydrogens is 132 g/mol. The lowest BCUT2D eigenvalue weighted by molar-refractivity contribution is 0.715. The van der Waals surface area contributed by atoms with Gasteiger partial charge in [-0.3, -0.25) is 0 Å². The molecule has 0 radical (unpaired) electrons. The first-order chi connectivity index (χ1) is 5.43. The van der Waals surface area contributed by atoms with E-state index in [4.69, 9.17) is 0 Å². The van der Waals surface area contributed by atoms with Gasteiger partial charge in [0, 0.05) is 0 Å². The molecular formula is C11H18. The van der Waals surface area contributed by atoms with E-state index >= 15 is 0 Å². The molecule has 0 aliphatic heterocycles. The summed E-state index contributed by atoms with van der Waals surface area (Å²) in [6, 6.07) is 0. The van der Waals surface area contributed by atoms with E-state index in [1.165, 1.54) is 38.5 Å². The molecule has 0 fully saturated rings. The molecule has 1 rings (SSSR count). The Morgan fingerprint density at radius 2 is 2.18 bits per heavy atom. The third-order valence-corrected chi connectivity index (χ3v) is 2.14. The van der Waals surface area contributed by atoms with E-state index in [0.29, 0.717) is 0 Å². The Hall–Kier alpha value is -0.520. The summed E-state index contributed by atoms with van der Waals surface area (Å²) >= 11 is 0. The zero-order chi connectivity index (χ0) is 7.94. The Morgan fingerprint density at radius 3 is 2.82 bits per heavy atom. The molecule has 0 saturated carbocycles. The maximum atomic E-state index is 2.38. The molecule has 0 saturated heterocycles. The first-order valence-corrected chi connectivity index (χ1v) is 4.79. The SMILES string of the molecule is CCCCCC1=CCCC=C1. The van der Waals surface area contributed by atoms with Gasteiger partial charge in [-0.15, -0.1) is 0 Å². The van der Waals surface area contributed by atoms with E-state index in [0.717, 1.165) is 0 Å². The largest absolute Gasteiger partial charge is 0.0840 e. The van der Waals surface area contributed by atoms with Crippen molar-refractivity contribution in [3.63, 3.8) is 0 Å². The Balaban J connectivity index is 2.15. The number of rotatable bonds is 4. The summed E-state index contributed by atoms with van der Waals surface area (Å²) in [6.45, 7) is 2.26. The summed E-state index contributed by atoms with van der Waals surface area (Å²) in [6.07, 6.45) is 14.9. The van der Waals surface area contributed by atoms with Crippen LogP contribution in [0.4, 0.5) is 0 Å². The van der Waals surface area contributed by atoms with Gasteiger partial charge in [0.2, 0.25) is 0 Å². The van der Waals surface area contributed by atoms with Gasteiger partial charge in [0.25, 0.3) is 0 Å². The second kappa shape index (κ2) is 5.17. The normalized spacial score (nSPS) is 16.6. The maximum Gasteiger partial charge on any atom is -0.0282 e. The average molecular weight is 150 g/mol. The Bertz CT molecular complexity index is 151. The molecule has 1 aliphatic carbocycles. The minimum absolute atomic E-state index is 1.25. The molecule has 0 heterocycles. The van der Waals surface area contributed by atoms with Crippen LogP contribution >= 0.6 is 0 Å². The Morgan fingerprint density at radius 1 is 1.27 bits per heavy atom. The molecule has 0 amide bonds. The molecule has 0 aromatic carbocycles. The lowest BCUT2D eigenvalue weighted by atomic mass is 10.0. The van der Waals surface area contributed by atoms with Crippen molar-refractivity contribution in [3.8, 4) is 0 Å². The standard InChI is InChI=1S/C11H18/c1-2-3-5-8-11-9-6-4-7-10-11/h6,9-10H,2-5,7-8H2,1H3. The van der Waals surface area contributed by atoms with E-state index < -0.39 is 0 Å². The second-order valence-corrected chi connectivity index (χ2v) is 3.22. The fourth-order valence-electron chi connectivity index (χ4n) is 1.43. The summed E-state index contributed by atoms with van der Waals surface area (Å²) in [7, 11) is 0. The van der Waals surface area contributed by atoms with Gasteiger partial charge in [-0.1, -0.05) is 43.6 Å². The van der Waals surface area contributed by atoms with Crippen LogP contribution in [0.3, 0.4) is 0 Å². The lowest BCUT2D eigenvalue weighted by Gasteiger charge is -2.05. The third-order valence-electron chi connectivity index (χ3n) is 2.14. The van der Waals surface area contributed by atoms with E-state index in [-0.39, 0.29) is 0 Å². The van der Waals surface area contributed by atoms with E-state index in [9.17, 15) is 0 Å². The molecule has 0 unspecified atom stereocenters. The average Bonchev–Trinajstić information content (AvgIpc) is 2.07. The van der Waals surface area contributed by atoms with E-state index in [2.05, 4.69) is 25.2 Å². The van der Waals surface area contributed by atoms with Crippen LogP contribution in [0.15, 0.2) is 23.8 Å². The second-order valence-electron chi connectivity index (χ2n) is 3.22. The van der Waals surface area contributed by atoms with Crippen molar-refractivity contribution in [2.45, 2.75) is 45.4 Å². The minimum Gasteiger partial charge on any atom is -0.0840 e. The van der Waals surface area contributed by atoms with Gasteiger partial charge in [-0.2, -0.15) is 0 Å². The minimum atomic E-state index is 1.25. The van der Waals surface area contributed by atoms with Crippen LogP contribution in [0.2, 0.25) is 0 Å². The van der Waals surface area contributed by atoms with Crippen LogP contribution in [-0.4, -0.2) is 0 Å². The highest BCUT2D eigenvalue weighted by Gasteiger charge is 1.95. The van der Waals surface area contributed by atoms with Gasteiger partial charge < -0.3 is 0 Å². The molecule has 0 spiro atoms. The molecule has 0 heteroatoms. The number of unbranched alkanes of at least 4 members (excludes halogenated alkanes) is 2. The van der Waals surface area contributed by atoms with Crippen molar-refractivity contribution in [1.29, 1.82) is 0 Å². The summed E-state index contributed by atoms with van der Waals surface area (Å²) in [5.74, 6) is 0. The predicted octanol–water partition coefficient (Wildman–Crippen LogP) is 3.84. The van der Waals surface area contributed by atoms with Crippen molar-refractivity contribution >= 4 is 0 Å². The van der Waals surface area contributed by atoms with Gasteiger partial charge in [0.15, 0.2) is 0 Å². The first kappa shape index (κ1) is 8.58. The fourth-order valence-corrected chi connectivity index (χ4v) is 1.43. The number of hydrogen-bond acceptors (Lipinski definition) is 0. The van der Waals surface area contributed by atoms with Gasteiger partial charge in [0.05, 0.1) is 0 Å². The third kappa shape index (κ3) is 3.41. The van der Waals surface area contributed by atoms with Gasteiger partial charge in [-0.05, 0) is 25.7 Å².